The van der Waals surface area contributed by atoms with Crippen molar-refractivity contribution in [2.75, 3.05) is 112 Å². The van der Waals surface area contributed by atoms with Crippen LogP contribution in [-0.4, -0.2) is 261 Å². The molecule has 5 aliphatic rings. The maximum atomic E-state index is 12.8. The molecule has 141 heavy (non-hydrogen) atoms. The van der Waals surface area contributed by atoms with E-state index in [1.165, 1.54) is 4.90 Å². The molecule has 0 radical (unpaired) electrons. The number of nitrogens with one attached hydrogen (secondary N) is 3. The van der Waals surface area contributed by atoms with E-state index < -0.39 is 22.4 Å². The zero-order chi connectivity index (χ0) is 103. The van der Waals surface area contributed by atoms with Crippen LogP contribution in [0, 0.1) is 23.7 Å². The van der Waals surface area contributed by atoms with E-state index in [4.69, 9.17) is 97.6 Å². The van der Waals surface area contributed by atoms with Gasteiger partial charge in [-0.15, -0.1) is 0 Å². The Balaban J connectivity index is 0.000000204. The van der Waals surface area contributed by atoms with E-state index in [0.717, 1.165) is 61.8 Å². The standard InChI is InChI=1S/2C28H35N5O5.C22H29ClN4O4.C12H18BNO3.C11H19NO3.CH4O/c2*1-18-11-20(33(17-18)27(34)38-28(2,3)4)14-30-24-16-31-25(19-12-23(36-6)15-29-13-19)32-26(24)37-22-9-7-21(35-5)8-10-22;1-14-10-15(27(13-14)21(28)31-22(2,3)4)11-24-18-12-25-20(23)26-19(18)30-17-8-6-16(29-5)7-9-17;1-11(2)12(3,4)17-13(16-11)9-6-10(15-5)8-14-7-9;1-8-5-9(7-13)12(6-8)10(14)15-11(2,3)4;1-2/h2*7-10,12-13,15-16,18,20,30H,11,14,17H2,1-6H3;6-9,12,14-15,24H,10-11,13H2,1-5H3;6-8H,1-5H3;7-9H,5-6H2,1-4H3;2H,1H3/t18-,20+;18-,20-;14-,15?;;8-,9?;/m111.1./s1. The van der Waals surface area contributed by atoms with E-state index in [1.54, 1.807) is 162 Å². The van der Waals surface area contributed by atoms with Crippen molar-refractivity contribution in [3.8, 4) is 92.2 Å². The summed E-state index contributed by atoms with van der Waals surface area (Å²) in [5.74, 6) is 9.20. The number of carbonyl (C=O) groups is 5. The largest absolute Gasteiger partial charge is 0.497 e. The number of carbonyl (C=O) groups excluding carboxylic acids is 5. The SMILES string of the molecule is CO.COc1ccc(Oc2nc(-c3cncc(OC)c3)ncc2NC[C@@H]2C[C@@H](C)CN2C(=O)OC(C)(C)C)cc1.COc1ccc(Oc2nc(-c3cncc(OC)c3)ncc2NC[C@H]2C[C@@H](C)CN2C(=O)OC(C)(C)C)cc1.COc1ccc(Oc2nc(Cl)ncc2NCC2C[C@@H](C)CN2C(=O)OC(C)(C)C)cc1.COc1cncc(B2OC(C)(C)C(C)(C)O2)c1.C[C@@H]1CC(C=O)N(C(=O)OC(C)(C)C)C1. The van der Waals surface area contributed by atoms with Gasteiger partial charge >= 0.3 is 31.5 Å². The van der Waals surface area contributed by atoms with Crippen molar-refractivity contribution in [2.24, 2.45) is 23.7 Å². The van der Waals surface area contributed by atoms with Gasteiger partial charge in [0.1, 0.15) is 97.5 Å². The molecule has 4 amide bonds. The van der Waals surface area contributed by atoms with Gasteiger partial charge in [-0.1, -0.05) is 27.7 Å². The Kier molecular flexibility index (Phi) is 39.8. The Morgan fingerprint density at radius 3 is 1.01 bits per heavy atom. The fourth-order valence-electron chi connectivity index (χ4n) is 15.3. The number of hydrogen-bond acceptors (Lipinski definition) is 33. The number of pyridine rings is 3. The quantitative estimate of drug-likeness (QED) is 0.0179. The van der Waals surface area contributed by atoms with Gasteiger partial charge in [0.15, 0.2) is 11.6 Å². The fraction of sp³-hybridized carbons (Fsp3) is 0.510. The number of methoxy groups -OCH3 is 6. The van der Waals surface area contributed by atoms with Crippen LogP contribution in [-0.2, 0) is 33.1 Å². The summed E-state index contributed by atoms with van der Waals surface area (Å²) in [4.78, 5) is 107. The number of aldehydes is 1. The van der Waals surface area contributed by atoms with E-state index >= 15 is 0 Å². The van der Waals surface area contributed by atoms with Gasteiger partial charge in [-0.05, 0) is 263 Å². The first-order chi connectivity index (χ1) is 66.6. The first-order valence-electron chi connectivity index (χ1n) is 46.8. The second-order valence-corrected chi connectivity index (χ2v) is 40.0. The number of likely N-dealkylation sites (tertiary alicyclic amines) is 4. The molecule has 9 aromatic rings. The summed E-state index contributed by atoms with van der Waals surface area (Å²) in [6, 6.07) is 26.7. The minimum Gasteiger partial charge on any atom is -0.497 e. The van der Waals surface area contributed by atoms with Crippen LogP contribution in [0.15, 0.2) is 147 Å². The number of halogens is 1. The van der Waals surface area contributed by atoms with E-state index in [9.17, 15) is 24.0 Å². The first-order valence-corrected chi connectivity index (χ1v) is 47.2. The summed E-state index contributed by atoms with van der Waals surface area (Å²) in [6.45, 7) is 42.9. The van der Waals surface area contributed by atoms with Gasteiger partial charge in [-0.25, -0.2) is 34.1 Å². The molecular weight excluding hydrogens is 1830 g/mol. The van der Waals surface area contributed by atoms with Crippen molar-refractivity contribution in [2.45, 2.75) is 222 Å². The lowest BCUT2D eigenvalue weighted by Gasteiger charge is -2.32. The minimum atomic E-state index is -0.557. The number of amides is 4. The van der Waals surface area contributed by atoms with Crippen LogP contribution in [0.1, 0.15) is 164 Å². The number of rotatable bonds is 25. The maximum Gasteiger partial charge on any atom is 0.496 e. The summed E-state index contributed by atoms with van der Waals surface area (Å²) in [7, 11) is 10.2. The Labute approximate surface area is 833 Å². The smallest absolute Gasteiger partial charge is 0.496 e. The average molecular weight is 1970 g/mol. The van der Waals surface area contributed by atoms with Gasteiger partial charge in [0.05, 0.1) is 115 Å². The van der Waals surface area contributed by atoms with E-state index in [2.05, 4.69) is 71.6 Å². The highest BCUT2D eigenvalue weighted by molar-refractivity contribution is 6.62. The third-order valence-electron chi connectivity index (χ3n) is 22.6. The Morgan fingerprint density at radius 2 is 0.688 bits per heavy atom. The van der Waals surface area contributed by atoms with E-state index in [0.29, 0.717) is 161 Å². The minimum absolute atomic E-state index is 0.0191. The predicted octanol–water partition coefficient (Wildman–Crippen LogP) is 18.6. The number of aromatic nitrogens is 9. The Bertz CT molecular complexity index is 5330. The van der Waals surface area contributed by atoms with Gasteiger partial charge in [0.2, 0.25) is 22.9 Å². The second kappa shape index (κ2) is 50.4. The van der Waals surface area contributed by atoms with Gasteiger partial charge < -0.3 is 111 Å². The maximum absolute atomic E-state index is 12.8. The third-order valence-corrected chi connectivity index (χ3v) is 22.8. The zero-order valence-corrected chi connectivity index (χ0v) is 87.0. The lowest BCUT2D eigenvalue weighted by atomic mass is 9.80. The number of anilines is 3. The van der Waals surface area contributed by atoms with Crippen LogP contribution in [0.3, 0.4) is 0 Å². The Hall–Kier alpha value is -13.1. The molecule has 0 saturated carbocycles. The molecule has 39 heteroatoms. The molecule has 8 atom stereocenters. The summed E-state index contributed by atoms with van der Waals surface area (Å²) < 4.78 is 83.6. The molecule has 2 unspecified atom stereocenters. The molecule has 5 aliphatic heterocycles. The molecule has 5 fully saturated rings. The molecule has 4 N–H and O–H groups in total. The van der Waals surface area contributed by atoms with Gasteiger partial charge in [0, 0.05) is 88.1 Å². The summed E-state index contributed by atoms with van der Waals surface area (Å²) in [5, 5.41) is 17.2. The molecule has 14 rings (SSSR count). The first kappa shape index (κ1) is 112. The number of aliphatic hydroxyl groups is 1. The Morgan fingerprint density at radius 1 is 0.404 bits per heavy atom. The van der Waals surface area contributed by atoms with Crippen molar-refractivity contribution < 1.29 is 100.0 Å². The molecule has 6 aromatic heterocycles. The predicted molar refractivity (Wildman–Crippen MR) is 538 cm³/mol. The number of hydrogen-bond donors (Lipinski definition) is 4. The van der Waals surface area contributed by atoms with Crippen LogP contribution in [0.2, 0.25) is 5.28 Å². The molecule has 0 spiro atoms. The number of benzene rings is 3. The highest BCUT2D eigenvalue weighted by Crippen LogP contribution is 2.40. The van der Waals surface area contributed by atoms with Gasteiger partial charge in [-0.2, -0.15) is 15.0 Å². The normalized spacial score (nSPS) is 18.8. The monoisotopic (exact) mass is 1970 g/mol. The number of aliphatic hydroxyl groups excluding tert-OH is 1. The van der Waals surface area contributed by atoms with Crippen LogP contribution < -0.4 is 64.0 Å². The lowest BCUT2D eigenvalue weighted by Crippen LogP contribution is -2.42. The molecule has 0 bridgehead atoms. The molecule has 764 valence electrons. The van der Waals surface area contributed by atoms with E-state index in [-0.39, 0.29) is 72.1 Å². The van der Waals surface area contributed by atoms with Crippen molar-refractivity contribution in [3.05, 3.63) is 152 Å². The molecular formula is C102H140BClN16O21. The number of ether oxygens (including phenoxy) is 13. The van der Waals surface area contributed by atoms with E-state index in [1.807, 2.05) is 160 Å². The van der Waals surface area contributed by atoms with Crippen LogP contribution in [0.5, 0.6) is 69.4 Å². The highest BCUT2D eigenvalue weighted by Gasteiger charge is 2.52. The third kappa shape index (κ3) is 33.8. The van der Waals surface area contributed by atoms with Crippen LogP contribution >= 0.6 is 11.6 Å². The molecule has 0 aliphatic carbocycles. The second-order valence-electron chi connectivity index (χ2n) is 39.7. The van der Waals surface area contributed by atoms with Crippen molar-refractivity contribution in [1.82, 2.24) is 64.5 Å². The number of nitrogens with zero attached hydrogens (tertiary/aromatic N) is 13. The summed E-state index contributed by atoms with van der Waals surface area (Å²) >= 11 is 5.98. The highest BCUT2D eigenvalue weighted by atomic mass is 35.5. The van der Waals surface area contributed by atoms with Crippen molar-refractivity contribution >= 4 is 71.9 Å². The molecule has 3 aromatic carbocycles. The average Bonchev–Trinajstić information content (AvgIpc) is 1.62. The zero-order valence-electron chi connectivity index (χ0n) is 86.2. The van der Waals surface area contributed by atoms with Gasteiger partial charge in [0.25, 0.3) is 0 Å². The van der Waals surface area contributed by atoms with Crippen molar-refractivity contribution in [3.63, 3.8) is 0 Å². The molecule has 37 nitrogen and oxygen atoms in total. The summed E-state index contributed by atoms with van der Waals surface area (Å²) in [6.07, 6.45) is 17.8. The van der Waals surface area contributed by atoms with Crippen molar-refractivity contribution in [1.29, 1.82) is 0 Å². The van der Waals surface area contributed by atoms with Crippen LogP contribution in [0.4, 0.5) is 36.2 Å². The van der Waals surface area contributed by atoms with Crippen LogP contribution in [0.25, 0.3) is 22.8 Å². The fourth-order valence-corrected chi connectivity index (χ4v) is 15.4. The molecule has 5 saturated heterocycles. The summed E-state index contributed by atoms with van der Waals surface area (Å²) in [5.41, 5.74) is 1.23. The topological polar surface area (TPSA) is 409 Å². The van der Waals surface area contributed by atoms with Gasteiger partial charge in [-0.3, -0.25) is 19.9 Å². The molecule has 11 heterocycles. The lowest BCUT2D eigenvalue weighted by molar-refractivity contribution is -0.111.